The van der Waals surface area contributed by atoms with Crippen LogP contribution in [-0.2, 0) is 6.42 Å². The molecule has 0 aliphatic heterocycles. The summed E-state index contributed by atoms with van der Waals surface area (Å²) >= 11 is 0. The molecule has 0 fully saturated rings. The fourth-order valence-electron chi connectivity index (χ4n) is 2.10. The van der Waals surface area contributed by atoms with Gasteiger partial charge in [-0.05, 0) is 62.2 Å². The monoisotopic (exact) mass is 313 g/mol. The lowest BCUT2D eigenvalue weighted by molar-refractivity contribution is 0.0938. The number of aryl methyl sites for hydroxylation is 1. The summed E-state index contributed by atoms with van der Waals surface area (Å²) in [7, 11) is 0. The van der Waals surface area contributed by atoms with Crippen molar-refractivity contribution in [2.75, 3.05) is 6.61 Å². The third-order valence-corrected chi connectivity index (χ3v) is 3.38. The predicted octanol–water partition coefficient (Wildman–Crippen LogP) is 3.99. The third-order valence-electron chi connectivity index (χ3n) is 3.38. The normalized spacial score (nSPS) is 11.7. The molecule has 0 unspecified atom stereocenters. The van der Waals surface area contributed by atoms with Crippen LogP contribution in [0.3, 0.4) is 0 Å². The molecule has 23 heavy (non-hydrogen) atoms. The average Bonchev–Trinajstić information content (AvgIpc) is 3.05. The van der Waals surface area contributed by atoms with Crippen molar-refractivity contribution in [3.8, 4) is 5.75 Å². The molecule has 1 N–H and O–H groups in total. The highest BCUT2D eigenvalue weighted by atomic mass is 16.5. The smallest absolute Gasteiger partial charge is 0.251 e. The summed E-state index contributed by atoms with van der Waals surface area (Å²) < 4.78 is 10.8. The van der Waals surface area contributed by atoms with Crippen LogP contribution in [-0.4, -0.2) is 18.6 Å². The maximum absolute atomic E-state index is 12.2. The first-order valence-electron chi connectivity index (χ1n) is 7.75. The van der Waals surface area contributed by atoms with E-state index >= 15 is 0 Å². The van der Waals surface area contributed by atoms with Crippen molar-refractivity contribution in [2.24, 2.45) is 0 Å². The second-order valence-corrected chi connectivity index (χ2v) is 5.76. The van der Waals surface area contributed by atoms with Gasteiger partial charge >= 0.3 is 0 Å². The molecule has 1 aromatic carbocycles. The van der Waals surface area contributed by atoms with Gasteiger partial charge in [0.15, 0.2) is 0 Å². The number of nitrogens with one attached hydrogen (secondary N) is 1. The first kappa shape index (κ1) is 16.9. The van der Waals surface area contributed by atoms with E-state index in [1.54, 1.807) is 30.5 Å². The summed E-state index contributed by atoms with van der Waals surface area (Å²) in [6, 6.07) is 11.0. The Morgan fingerprint density at radius 1 is 1.30 bits per heavy atom. The van der Waals surface area contributed by atoms with E-state index in [4.69, 9.17) is 9.15 Å². The van der Waals surface area contributed by atoms with Crippen molar-refractivity contribution >= 4 is 5.91 Å². The molecule has 0 spiro atoms. The Balaban J connectivity index is 1.81. The molecule has 2 aromatic rings. The van der Waals surface area contributed by atoms with Crippen molar-refractivity contribution in [2.45, 2.75) is 32.7 Å². The zero-order valence-corrected chi connectivity index (χ0v) is 13.7. The van der Waals surface area contributed by atoms with Gasteiger partial charge in [0, 0.05) is 18.0 Å². The molecule has 0 saturated carbocycles. The topological polar surface area (TPSA) is 51.5 Å². The molecular weight excluding hydrogens is 290 g/mol. The second kappa shape index (κ2) is 8.22. The summed E-state index contributed by atoms with van der Waals surface area (Å²) in [5, 5.41) is 2.99. The number of benzene rings is 1. The van der Waals surface area contributed by atoms with E-state index in [0.29, 0.717) is 12.2 Å². The van der Waals surface area contributed by atoms with Crippen LogP contribution in [0.5, 0.6) is 5.75 Å². The van der Waals surface area contributed by atoms with Gasteiger partial charge in [-0.3, -0.25) is 4.79 Å². The molecule has 1 heterocycles. The van der Waals surface area contributed by atoms with Gasteiger partial charge in [-0.1, -0.05) is 6.58 Å². The summed E-state index contributed by atoms with van der Waals surface area (Å²) in [5.41, 5.74) is 1.58. The molecular formula is C19H23NO3. The number of furan rings is 1. The molecule has 1 atom stereocenters. The van der Waals surface area contributed by atoms with Gasteiger partial charge in [-0.2, -0.15) is 0 Å². The van der Waals surface area contributed by atoms with E-state index in [1.807, 2.05) is 26.0 Å². The Kier molecular flexibility index (Phi) is 6.03. The molecule has 2 rings (SSSR count). The van der Waals surface area contributed by atoms with Crippen LogP contribution < -0.4 is 10.1 Å². The molecule has 1 aromatic heterocycles. The van der Waals surface area contributed by atoms with E-state index in [-0.39, 0.29) is 11.9 Å². The van der Waals surface area contributed by atoms with E-state index in [9.17, 15) is 4.79 Å². The lowest BCUT2D eigenvalue weighted by Gasteiger charge is -2.13. The highest BCUT2D eigenvalue weighted by molar-refractivity contribution is 5.94. The Labute approximate surface area is 137 Å². The van der Waals surface area contributed by atoms with Crippen LogP contribution in [0.2, 0.25) is 0 Å². The van der Waals surface area contributed by atoms with Crippen LogP contribution in [0, 0.1) is 0 Å². The van der Waals surface area contributed by atoms with Gasteiger partial charge in [0.05, 0.1) is 6.26 Å². The maximum atomic E-state index is 12.2. The van der Waals surface area contributed by atoms with Gasteiger partial charge in [0.25, 0.3) is 5.91 Å². The van der Waals surface area contributed by atoms with Crippen LogP contribution >= 0.6 is 0 Å². The SMILES string of the molecule is C=C(C)COc1ccc(C(=O)N[C@H](C)CCc2ccco2)cc1. The number of rotatable bonds is 8. The standard InChI is InChI=1S/C19H23NO3/c1-14(2)13-23-18-10-7-16(8-11-18)19(21)20-15(3)6-9-17-5-4-12-22-17/h4-5,7-8,10-12,15H,1,6,9,13H2,2-3H3,(H,20,21)/t15-/m1/s1. The largest absolute Gasteiger partial charge is 0.489 e. The lowest BCUT2D eigenvalue weighted by Crippen LogP contribution is -2.32. The molecule has 4 heteroatoms. The fourth-order valence-corrected chi connectivity index (χ4v) is 2.10. The number of hydrogen-bond donors (Lipinski definition) is 1. The highest BCUT2D eigenvalue weighted by Crippen LogP contribution is 2.13. The number of hydrogen-bond acceptors (Lipinski definition) is 3. The molecule has 122 valence electrons. The molecule has 0 saturated heterocycles. The molecule has 0 aliphatic carbocycles. The first-order chi connectivity index (χ1) is 11.0. The Hall–Kier alpha value is -2.49. The summed E-state index contributed by atoms with van der Waals surface area (Å²) in [6.07, 6.45) is 3.30. The minimum Gasteiger partial charge on any atom is -0.489 e. The van der Waals surface area contributed by atoms with Crippen molar-refractivity contribution in [1.82, 2.24) is 5.32 Å². The van der Waals surface area contributed by atoms with Crippen molar-refractivity contribution < 1.29 is 13.9 Å². The molecule has 0 aliphatic rings. The number of carbonyl (C=O) groups excluding carboxylic acids is 1. The van der Waals surface area contributed by atoms with Crippen LogP contribution in [0.15, 0.2) is 59.2 Å². The highest BCUT2D eigenvalue weighted by Gasteiger charge is 2.10. The fraction of sp³-hybridized carbons (Fsp3) is 0.316. The van der Waals surface area contributed by atoms with Crippen LogP contribution in [0.25, 0.3) is 0 Å². The van der Waals surface area contributed by atoms with Crippen molar-refractivity contribution in [3.05, 3.63) is 66.1 Å². The summed E-state index contributed by atoms with van der Waals surface area (Å²) in [5.74, 6) is 1.59. The molecule has 0 bridgehead atoms. The Bertz CT molecular complexity index is 629. The van der Waals surface area contributed by atoms with Gasteiger partial charge in [-0.25, -0.2) is 0 Å². The Morgan fingerprint density at radius 2 is 2.04 bits per heavy atom. The van der Waals surface area contributed by atoms with Crippen LogP contribution in [0.4, 0.5) is 0 Å². The zero-order valence-electron chi connectivity index (χ0n) is 13.7. The number of carbonyl (C=O) groups is 1. The van der Waals surface area contributed by atoms with Gasteiger partial charge < -0.3 is 14.5 Å². The minimum atomic E-state index is -0.0802. The maximum Gasteiger partial charge on any atom is 0.251 e. The van der Waals surface area contributed by atoms with Gasteiger partial charge in [-0.15, -0.1) is 0 Å². The van der Waals surface area contributed by atoms with E-state index in [0.717, 1.165) is 29.9 Å². The van der Waals surface area contributed by atoms with E-state index in [2.05, 4.69) is 11.9 Å². The summed E-state index contributed by atoms with van der Waals surface area (Å²) in [4.78, 5) is 12.2. The minimum absolute atomic E-state index is 0.0759. The van der Waals surface area contributed by atoms with Crippen molar-refractivity contribution in [1.29, 1.82) is 0 Å². The van der Waals surface area contributed by atoms with Gasteiger partial charge in [0.1, 0.15) is 18.1 Å². The number of ether oxygens (including phenoxy) is 1. The van der Waals surface area contributed by atoms with E-state index in [1.165, 1.54) is 0 Å². The van der Waals surface area contributed by atoms with E-state index < -0.39 is 0 Å². The first-order valence-corrected chi connectivity index (χ1v) is 7.75. The van der Waals surface area contributed by atoms with Gasteiger partial charge in [0.2, 0.25) is 0 Å². The number of amides is 1. The van der Waals surface area contributed by atoms with Crippen molar-refractivity contribution in [3.63, 3.8) is 0 Å². The lowest BCUT2D eigenvalue weighted by atomic mass is 10.1. The quantitative estimate of drug-likeness (QED) is 0.750. The molecule has 1 amide bonds. The second-order valence-electron chi connectivity index (χ2n) is 5.76. The molecule has 4 nitrogen and oxygen atoms in total. The third kappa shape index (κ3) is 5.66. The average molecular weight is 313 g/mol. The predicted molar refractivity (Wildman–Crippen MR) is 90.7 cm³/mol. The zero-order chi connectivity index (χ0) is 16.7. The Morgan fingerprint density at radius 3 is 2.65 bits per heavy atom. The molecule has 0 radical (unpaired) electrons. The summed E-state index contributed by atoms with van der Waals surface area (Å²) in [6.45, 7) is 8.17. The van der Waals surface area contributed by atoms with Crippen LogP contribution in [0.1, 0.15) is 36.4 Å².